The summed E-state index contributed by atoms with van der Waals surface area (Å²) < 4.78 is 16.3. The highest BCUT2D eigenvalue weighted by molar-refractivity contribution is 7.93. The molecule has 1 aromatic rings. The summed E-state index contributed by atoms with van der Waals surface area (Å²) in [5.41, 5.74) is 7.05. The topological polar surface area (TPSA) is 55.4 Å². The molecule has 0 saturated carbocycles. The Morgan fingerprint density at radius 2 is 1.71 bits per heavy atom. The molecule has 0 amide bonds. The van der Waals surface area contributed by atoms with Crippen LogP contribution in [0.25, 0.3) is 0 Å². The van der Waals surface area contributed by atoms with Gasteiger partial charge in [-0.05, 0) is 37.1 Å². The Balaban J connectivity index is 2.33. The molecule has 0 aliphatic carbocycles. The van der Waals surface area contributed by atoms with Gasteiger partial charge in [-0.1, -0.05) is 0 Å². The molecule has 0 bridgehead atoms. The van der Waals surface area contributed by atoms with Gasteiger partial charge in [-0.2, -0.15) is 4.36 Å². The summed E-state index contributed by atoms with van der Waals surface area (Å²) in [6.45, 7) is 0. The fraction of sp³-hybridized carbons (Fsp3) is 0.400. The van der Waals surface area contributed by atoms with Gasteiger partial charge >= 0.3 is 0 Å². The lowest BCUT2D eigenvalue weighted by molar-refractivity contribution is 0.681. The maximum atomic E-state index is 12.0. The van der Waals surface area contributed by atoms with Crippen LogP contribution in [0.3, 0.4) is 0 Å². The Kier molecular flexibility index (Phi) is 2.46. The van der Waals surface area contributed by atoms with Crippen LogP contribution in [0, 0.1) is 0 Å². The molecular formula is C10H14N2OS. The second kappa shape index (κ2) is 3.61. The number of nitrogens with zero attached hydrogens (tertiary/aromatic N) is 1. The molecule has 3 nitrogen and oxygen atoms in total. The summed E-state index contributed by atoms with van der Waals surface area (Å²) in [4.78, 5) is 0. The van der Waals surface area contributed by atoms with Crippen LogP contribution in [0.4, 0.5) is 11.4 Å². The normalized spacial score (nSPS) is 19.4. The molecular weight excluding hydrogens is 196 g/mol. The summed E-state index contributed by atoms with van der Waals surface area (Å²) in [6, 6.07) is 7.22. The molecule has 4 heteroatoms. The average molecular weight is 210 g/mol. The Labute approximate surface area is 84.5 Å². The summed E-state index contributed by atoms with van der Waals surface area (Å²) in [7, 11) is -1.94. The van der Waals surface area contributed by atoms with Gasteiger partial charge in [0.05, 0.1) is 15.4 Å². The van der Waals surface area contributed by atoms with E-state index < -0.39 is 9.73 Å². The fourth-order valence-electron chi connectivity index (χ4n) is 1.58. The third-order valence-corrected chi connectivity index (χ3v) is 4.74. The first-order valence-electron chi connectivity index (χ1n) is 4.76. The molecule has 2 N–H and O–H groups in total. The standard InChI is InChI=1S/C10H14N2OS/c11-9-3-5-10(6-4-9)12-14(13)7-1-2-8-14/h3-6H,1-2,7-8,11H2. The number of hydrogen-bond acceptors (Lipinski definition) is 3. The summed E-state index contributed by atoms with van der Waals surface area (Å²) in [5.74, 6) is 1.49. The van der Waals surface area contributed by atoms with Crippen molar-refractivity contribution in [3.05, 3.63) is 24.3 Å². The molecule has 0 aromatic heterocycles. The van der Waals surface area contributed by atoms with Gasteiger partial charge in [0.1, 0.15) is 0 Å². The van der Waals surface area contributed by atoms with Crippen molar-refractivity contribution in [2.45, 2.75) is 12.8 Å². The molecule has 1 aromatic carbocycles. The van der Waals surface area contributed by atoms with E-state index in [9.17, 15) is 4.21 Å². The minimum atomic E-state index is -1.94. The molecule has 0 spiro atoms. The first kappa shape index (κ1) is 9.52. The molecule has 1 saturated heterocycles. The lowest BCUT2D eigenvalue weighted by Gasteiger charge is -2.00. The van der Waals surface area contributed by atoms with E-state index in [2.05, 4.69) is 4.36 Å². The van der Waals surface area contributed by atoms with Gasteiger partial charge in [0, 0.05) is 17.2 Å². The number of benzene rings is 1. The third kappa shape index (κ3) is 2.07. The van der Waals surface area contributed by atoms with E-state index in [1.165, 1.54) is 0 Å². The molecule has 1 aliphatic heterocycles. The third-order valence-electron chi connectivity index (χ3n) is 2.34. The highest BCUT2D eigenvalue weighted by Gasteiger charge is 2.15. The molecule has 1 fully saturated rings. The Morgan fingerprint density at radius 3 is 2.29 bits per heavy atom. The van der Waals surface area contributed by atoms with Crippen molar-refractivity contribution in [1.82, 2.24) is 0 Å². The van der Waals surface area contributed by atoms with E-state index in [-0.39, 0.29) is 0 Å². The summed E-state index contributed by atoms with van der Waals surface area (Å²) in [6.07, 6.45) is 2.08. The average Bonchev–Trinajstić information content (AvgIpc) is 2.57. The maximum Gasteiger partial charge on any atom is 0.0731 e. The highest BCUT2D eigenvalue weighted by atomic mass is 32.2. The van der Waals surface area contributed by atoms with Crippen LogP contribution in [0.15, 0.2) is 28.6 Å². The van der Waals surface area contributed by atoms with Crippen LogP contribution in [-0.4, -0.2) is 15.7 Å². The second-order valence-corrected chi connectivity index (χ2v) is 6.11. The largest absolute Gasteiger partial charge is 0.399 e. The van der Waals surface area contributed by atoms with Crippen LogP contribution in [-0.2, 0) is 9.73 Å². The van der Waals surface area contributed by atoms with Crippen molar-refractivity contribution in [3.63, 3.8) is 0 Å². The summed E-state index contributed by atoms with van der Waals surface area (Å²) >= 11 is 0. The lowest BCUT2D eigenvalue weighted by atomic mass is 10.3. The van der Waals surface area contributed by atoms with E-state index in [1.54, 1.807) is 12.1 Å². The minimum absolute atomic E-state index is 0.713. The molecule has 14 heavy (non-hydrogen) atoms. The van der Waals surface area contributed by atoms with Gasteiger partial charge in [0.15, 0.2) is 0 Å². The number of anilines is 1. The van der Waals surface area contributed by atoms with Crippen LogP contribution >= 0.6 is 0 Å². The zero-order valence-corrected chi connectivity index (χ0v) is 8.80. The van der Waals surface area contributed by atoms with Crippen LogP contribution in [0.5, 0.6) is 0 Å². The predicted molar refractivity (Wildman–Crippen MR) is 60.1 cm³/mol. The van der Waals surface area contributed by atoms with Gasteiger partial charge in [-0.3, -0.25) is 0 Å². The van der Waals surface area contributed by atoms with Crippen molar-refractivity contribution in [1.29, 1.82) is 0 Å². The van der Waals surface area contributed by atoms with Crippen LogP contribution in [0.1, 0.15) is 12.8 Å². The molecule has 0 atom stereocenters. The zero-order chi connectivity index (χ0) is 10.0. The first-order valence-corrected chi connectivity index (χ1v) is 6.61. The van der Waals surface area contributed by atoms with Crippen molar-refractivity contribution in [2.75, 3.05) is 17.2 Å². The number of hydrogen-bond donors (Lipinski definition) is 1. The molecule has 0 unspecified atom stereocenters. The molecule has 1 heterocycles. The van der Waals surface area contributed by atoms with E-state index >= 15 is 0 Å². The van der Waals surface area contributed by atoms with E-state index in [0.717, 1.165) is 30.0 Å². The Morgan fingerprint density at radius 1 is 1.14 bits per heavy atom. The van der Waals surface area contributed by atoms with Crippen molar-refractivity contribution >= 4 is 21.1 Å². The number of nitrogens with two attached hydrogens (primary N) is 1. The van der Waals surface area contributed by atoms with Gasteiger partial charge in [-0.15, -0.1) is 0 Å². The van der Waals surface area contributed by atoms with E-state index in [4.69, 9.17) is 5.73 Å². The maximum absolute atomic E-state index is 12.0. The minimum Gasteiger partial charge on any atom is -0.399 e. The quantitative estimate of drug-likeness (QED) is 0.722. The molecule has 2 rings (SSSR count). The van der Waals surface area contributed by atoms with Gasteiger partial charge in [0.2, 0.25) is 0 Å². The zero-order valence-electron chi connectivity index (χ0n) is 7.98. The Hall–Kier alpha value is -1.03. The van der Waals surface area contributed by atoms with Crippen molar-refractivity contribution in [3.8, 4) is 0 Å². The SMILES string of the molecule is Nc1ccc(N=S2(=O)CCCC2)cc1. The van der Waals surface area contributed by atoms with Gasteiger partial charge in [-0.25, -0.2) is 4.21 Å². The van der Waals surface area contributed by atoms with Crippen molar-refractivity contribution < 1.29 is 4.21 Å². The molecule has 0 radical (unpaired) electrons. The monoisotopic (exact) mass is 210 g/mol. The number of rotatable bonds is 1. The number of nitrogen functional groups attached to an aromatic ring is 1. The second-order valence-electron chi connectivity index (χ2n) is 3.57. The van der Waals surface area contributed by atoms with Crippen LogP contribution < -0.4 is 5.73 Å². The van der Waals surface area contributed by atoms with E-state index in [1.807, 2.05) is 12.1 Å². The fourth-order valence-corrected chi connectivity index (χ4v) is 3.78. The highest BCUT2D eigenvalue weighted by Crippen LogP contribution is 2.21. The van der Waals surface area contributed by atoms with E-state index in [0.29, 0.717) is 5.69 Å². The molecule has 1 aliphatic rings. The predicted octanol–water partition coefficient (Wildman–Crippen LogP) is 2.16. The lowest BCUT2D eigenvalue weighted by Crippen LogP contribution is -1.99. The van der Waals surface area contributed by atoms with Crippen molar-refractivity contribution in [2.24, 2.45) is 4.36 Å². The van der Waals surface area contributed by atoms with Gasteiger partial charge < -0.3 is 5.73 Å². The first-order chi connectivity index (χ1) is 6.68. The smallest absolute Gasteiger partial charge is 0.0731 e. The van der Waals surface area contributed by atoms with Crippen LogP contribution in [0.2, 0.25) is 0 Å². The molecule has 76 valence electrons. The summed E-state index contributed by atoms with van der Waals surface area (Å²) in [5, 5.41) is 0. The van der Waals surface area contributed by atoms with Gasteiger partial charge in [0.25, 0.3) is 0 Å². The Bertz CT molecular complexity index is 418.